The number of rotatable bonds is 9. The van der Waals surface area contributed by atoms with Gasteiger partial charge >= 0.3 is 6.03 Å². The fourth-order valence-electron chi connectivity index (χ4n) is 5.17. The molecule has 0 saturated carbocycles. The maximum Gasteiger partial charge on any atom is 0.320 e. The SMILES string of the molecule is O=C(N(Cc1cccc(Cl)c1)Cc1cccc(Cl)c1)N1CC[C@H](N(Cc2ccccc2)Cc2ccncc2)C1. The standard InChI is InChI=1S/C32H32Cl2N4O/c33-29-10-4-8-27(18-29)22-38(23-28-9-5-11-30(34)19-28)32(39)36-17-14-31(24-36)37(20-25-6-2-1-3-7-25)21-26-12-15-35-16-13-26/h1-13,15-16,18-19,31H,14,17,20-24H2/t31-/m0/s1. The maximum absolute atomic E-state index is 14.0. The third kappa shape index (κ3) is 7.60. The smallest absolute Gasteiger partial charge is 0.320 e. The Morgan fingerprint density at radius 1 is 0.744 bits per heavy atom. The van der Waals surface area contributed by atoms with Gasteiger partial charge in [0, 0.05) is 67.7 Å². The second-order valence-corrected chi connectivity index (χ2v) is 10.9. The summed E-state index contributed by atoms with van der Waals surface area (Å²) in [5, 5.41) is 1.33. The van der Waals surface area contributed by atoms with Crippen LogP contribution in [0.1, 0.15) is 28.7 Å². The molecule has 0 bridgehead atoms. The summed E-state index contributed by atoms with van der Waals surface area (Å²) in [5.41, 5.74) is 4.48. The average molecular weight is 560 g/mol. The Morgan fingerprint density at radius 3 is 1.90 bits per heavy atom. The number of aromatic nitrogens is 1. The molecule has 1 saturated heterocycles. The molecule has 2 amide bonds. The number of urea groups is 1. The van der Waals surface area contributed by atoms with Crippen molar-refractivity contribution in [2.24, 2.45) is 0 Å². The zero-order chi connectivity index (χ0) is 27.0. The number of benzene rings is 3. The molecule has 5 nitrogen and oxygen atoms in total. The Bertz CT molecular complexity index is 1280. The largest absolute Gasteiger partial charge is 0.323 e. The molecule has 1 aliphatic heterocycles. The highest BCUT2D eigenvalue weighted by Gasteiger charge is 2.33. The van der Waals surface area contributed by atoms with Gasteiger partial charge in [0.15, 0.2) is 0 Å². The number of carbonyl (C=O) groups is 1. The fourth-order valence-corrected chi connectivity index (χ4v) is 5.60. The lowest BCUT2D eigenvalue weighted by Gasteiger charge is -2.31. The molecule has 0 spiro atoms. The first-order valence-corrected chi connectivity index (χ1v) is 14.0. The highest BCUT2D eigenvalue weighted by atomic mass is 35.5. The van der Waals surface area contributed by atoms with Crippen molar-refractivity contribution in [3.63, 3.8) is 0 Å². The topological polar surface area (TPSA) is 39.7 Å². The zero-order valence-corrected chi connectivity index (χ0v) is 23.3. The average Bonchev–Trinajstić information content (AvgIpc) is 3.44. The summed E-state index contributed by atoms with van der Waals surface area (Å²) in [4.78, 5) is 24.5. The van der Waals surface area contributed by atoms with E-state index >= 15 is 0 Å². The highest BCUT2D eigenvalue weighted by molar-refractivity contribution is 6.30. The van der Waals surface area contributed by atoms with Crippen LogP contribution in [0.3, 0.4) is 0 Å². The predicted octanol–water partition coefficient (Wildman–Crippen LogP) is 7.29. The molecule has 0 aliphatic carbocycles. The van der Waals surface area contributed by atoms with Gasteiger partial charge in [-0.2, -0.15) is 0 Å². The summed E-state index contributed by atoms with van der Waals surface area (Å²) in [6, 6.07) is 30.3. The van der Waals surface area contributed by atoms with Crippen molar-refractivity contribution >= 4 is 29.2 Å². The first kappa shape index (κ1) is 27.2. The maximum atomic E-state index is 14.0. The Morgan fingerprint density at radius 2 is 1.31 bits per heavy atom. The summed E-state index contributed by atoms with van der Waals surface area (Å²) in [6.07, 6.45) is 4.60. The van der Waals surface area contributed by atoms with Gasteiger partial charge in [0.05, 0.1) is 0 Å². The summed E-state index contributed by atoms with van der Waals surface area (Å²) >= 11 is 12.5. The van der Waals surface area contributed by atoms with Crippen LogP contribution in [0.5, 0.6) is 0 Å². The van der Waals surface area contributed by atoms with Crippen molar-refractivity contribution in [2.75, 3.05) is 13.1 Å². The van der Waals surface area contributed by atoms with E-state index in [-0.39, 0.29) is 12.1 Å². The predicted molar refractivity (Wildman–Crippen MR) is 157 cm³/mol. The Hall–Kier alpha value is -3.38. The number of halogens is 2. The molecule has 1 aliphatic rings. The number of nitrogens with zero attached hydrogens (tertiary/aromatic N) is 4. The molecule has 0 radical (unpaired) electrons. The van der Waals surface area contributed by atoms with E-state index in [0.29, 0.717) is 36.2 Å². The molecule has 1 fully saturated rings. The van der Waals surface area contributed by atoms with Gasteiger partial charge in [-0.1, -0.05) is 77.8 Å². The van der Waals surface area contributed by atoms with E-state index in [4.69, 9.17) is 23.2 Å². The summed E-state index contributed by atoms with van der Waals surface area (Å²) < 4.78 is 0. The van der Waals surface area contributed by atoms with Crippen LogP contribution in [0.25, 0.3) is 0 Å². The van der Waals surface area contributed by atoms with Gasteiger partial charge in [-0.05, 0) is 65.1 Å². The molecular weight excluding hydrogens is 527 g/mol. The molecule has 7 heteroatoms. The second-order valence-electron chi connectivity index (χ2n) is 10.0. The van der Waals surface area contributed by atoms with E-state index in [2.05, 4.69) is 46.3 Å². The molecule has 3 aromatic carbocycles. The Balaban J connectivity index is 1.33. The second kappa shape index (κ2) is 13.1. The number of hydrogen-bond donors (Lipinski definition) is 0. The van der Waals surface area contributed by atoms with Gasteiger partial charge in [-0.15, -0.1) is 0 Å². The molecule has 0 N–H and O–H groups in total. The molecule has 4 aromatic rings. The first-order valence-electron chi connectivity index (χ1n) is 13.2. The molecule has 2 heterocycles. The number of pyridine rings is 1. The quantitative estimate of drug-likeness (QED) is 0.216. The van der Waals surface area contributed by atoms with Crippen LogP contribution in [-0.2, 0) is 26.2 Å². The van der Waals surface area contributed by atoms with Crippen LogP contribution in [0.15, 0.2) is 103 Å². The van der Waals surface area contributed by atoms with Crippen molar-refractivity contribution in [2.45, 2.75) is 38.6 Å². The van der Waals surface area contributed by atoms with E-state index in [9.17, 15) is 4.79 Å². The van der Waals surface area contributed by atoms with Crippen LogP contribution < -0.4 is 0 Å². The van der Waals surface area contributed by atoms with Gasteiger partial charge in [0.2, 0.25) is 0 Å². The van der Waals surface area contributed by atoms with Gasteiger partial charge in [-0.25, -0.2) is 4.79 Å². The van der Waals surface area contributed by atoms with E-state index < -0.39 is 0 Å². The normalized spacial score (nSPS) is 15.1. The van der Waals surface area contributed by atoms with Crippen LogP contribution in [0.2, 0.25) is 10.0 Å². The van der Waals surface area contributed by atoms with Crippen molar-refractivity contribution < 1.29 is 4.79 Å². The highest BCUT2D eigenvalue weighted by Crippen LogP contribution is 2.24. The third-order valence-corrected chi connectivity index (χ3v) is 7.58. The Kier molecular flexibility index (Phi) is 9.15. The number of likely N-dealkylation sites (tertiary alicyclic amines) is 1. The molecule has 0 unspecified atom stereocenters. The summed E-state index contributed by atoms with van der Waals surface area (Å²) in [5.74, 6) is 0. The van der Waals surface area contributed by atoms with Gasteiger partial charge in [0.1, 0.15) is 0 Å². The zero-order valence-electron chi connectivity index (χ0n) is 21.8. The number of carbonyl (C=O) groups excluding carboxylic acids is 1. The number of amides is 2. The molecule has 1 atom stereocenters. The molecule has 200 valence electrons. The van der Waals surface area contributed by atoms with E-state index in [1.54, 1.807) is 0 Å². The molecule has 5 rings (SSSR count). The minimum atomic E-state index is 0.0287. The summed E-state index contributed by atoms with van der Waals surface area (Å²) in [7, 11) is 0. The third-order valence-electron chi connectivity index (χ3n) is 7.11. The fraction of sp³-hybridized carbons (Fsp3) is 0.250. The van der Waals surface area contributed by atoms with Gasteiger partial charge in [-0.3, -0.25) is 9.88 Å². The molecular formula is C32H32Cl2N4O. The van der Waals surface area contributed by atoms with Crippen LogP contribution in [0, 0.1) is 0 Å². The molecule has 39 heavy (non-hydrogen) atoms. The van der Waals surface area contributed by atoms with Crippen molar-refractivity contribution in [3.8, 4) is 0 Å². The lowest BCUT2D eigenvalue weighted by Crippen LogP contribution is -2.43. The lowest BCUT2D eigenvalue weighted by atomic mass is 10.1. The number of hydrogen-bond acceptors (Lipinski definition) is 3. The van der Waals surface area contributed by atoms with Crippen LogP contribution in [-0.4, -0.2) is 44.8 Å². The van der Waals surface area contributed by atoms with E-state index in [1.807, 2.05) is 76.8 Å². The van der Waals surface area contributed by atoms with E-state index in [1.165, 1.54) is 11.1 Å². The Labute approximate surface area is 240 Å². The van der Waals surface area contributed by atoms with E-state index in [0.717, 1.165) is 30.6 Å². The van der Waals surface area contributed by atoms with Crippen molar-refractivity contribution in [1.82, 2.24) is 19.7 Å². The minimum absolute atomic E-state index is 0.0287. The van der Waals surface area contributed by atoms with Crippen molar-refractivity contribution in [1.29, 1.82) is 0 Å². The molecule has 1 aromatic heterocycles. The first-order chi connectivity index (χ1) is 19.0. The lowest BCUT2D eigenvalue weighted by molar-refractivity contribution is 0.144. The van der Waals surface area contributed by atoms with Crippen LogP contribution in [0.4, 0.5) is 4.79 Å². The monoisotopic (exact) mass is 558 g/mol. The van der Waals surface area contributed by atoms with Crippen molar-refractivity contribution in [3.05, 3.63) is 136 Å². The minimum Gasteiger partial charge on any atom is -0.323 e. The van der Waals surface area contributed by atoms with Gasteiger partial charge < -0.3 is 9.80 Å². The van der Waals surface area contributed by atoms with Crippen LogP contribution >= 0.6 is 23.2 Å². The van der Waals surface area contributed by atoms with Gasteiger partial charge in [0.25, 0.3) is 0 Å². The summed E-state index contributed by atoms with van der Waals surface area (Å²) in [6.45, 7) is 3.96.